The number of benzene rings is 1. The van der Waals surface area contributed by atoms with E-state index in [-0.39, 0.29) is 12.4 Å². The van der Waals surface area contributed by atoms with Crippen LogP contribution in [0.3, 0.4) is 0 Å². The Morgan fingerprint density at radius 1 is 1.35 bits per heavy atom. The van der Waals surface area contributed by atoms with Crippen molar-refractivity contribution in [3.8, 4) is 0 Å². The van der Waals surface area contributed by atoms with E-state index in [0.29, 0.717) is 16.4 Å². The molecule has 0 amide bonds. The first-order chi connectivity index (χ1) is 9.61. The number of hydrogen-bond acceptors (Lipinski definition) is 6. The summed E-state index contributed by atoms with van der Waals surface area (Å²) < 4.78 is 4.79. The molecule has 7 heteroatoms. The molecule has 2 N–H and O–H groups in total. The third kappa shape index (κ3) is 3.75. The van der Waals surface area contributed by atoms with Crippen molar-refractivity contribution in [1.29, 1.82) is 0 Å². The smallest absolute Gasteiger partial charge is 0.460 e. The molecular weight excluding hydrogens is 259 g/mol. The van der Waals surface area contributed by atoms with Gasteiger partial charge in [0, 0.05) is 11.6 Å². The van der Waals surface area contributed by atoms with Crippen LogP contribution < -0.4 is 5.46 Å². The molecule has 0 aliphatic rings. The highest BCUT2D eigenvalue weighted by Gasteiger charge is 2.14. The lowest BCUT2D eigenvalue weighted by molar-refractivity contribution is 0.0512. The van der Waals surface area contributed by atoms with E-state index in [9.17, 15) is 4.79 Å². The van der Waals surface area contributed by atoms with Crippen molar-refractivity contribution >= 4 is 29.5 Å². The van der Waals surface area contributed by atoms with Gasteiger partial charge in [-0.2, -0.15) is 0 Å². The number of carbonyl (C=O) groups excluding carboxylic acids is 1. The summed E-state index contributed by atoms with van der Waals surface area (Å²) in [6.45, 7) is 5.94. The van der Waals surface area contributed by atoms with Crippen molar-refractivity contribution in [2.24, 2.45) is 0 Å². The summed E-state index contributed by atoms with van der Waals surface area (Å²) in [6.07, 6.45) is 1.49. The van der Waals surface area contributed by atoms with Crippen LogP contribution >= 0.6 is 0 Å². The average molecular weight is 276 g/mol. The lowest BCUT2D eigenvalue weighted by Crippen LogP contribution is -2.29. The van der Waals surface area contributed by atoms with Crippen LogP contribution in [0.25, 0.3) is 10.9 Å². The third-order valence-electron chi connectivity index (χ3n) is 2.36. The summed E-state index contributed by atoms with van der Waals surface area (Å²) in [7, 11) is -1.57. The van der Waals surface area contributed by atoms with E-state index >= 15 is 0 Å². The Labute approximate surface area is 117 Å². The summed E-state index contributed by atoms with van der Waals surface area (Å²) >= 11 is 0. The summed E-state index contributed by atoms with van der Waals surface area (Å²) in [4.78, 5) is 19.4. The molecule has 20 heavy (non-hydrogen) atoms. The predicted octanol–water partition coefficient (Wildman–Crippen LogP) is 0.512. The topological polar surface area (TPSA) is 92.5 Å². The van der Waals surface area contributed by atoms with Gasteiger partial charge in [0.15, 0.2) is 0 Å². The Hall–Kier alpha value is -1.99. The second kappa shape index (κ2) is 7.57. The first kappa shape index (κ1) is 16.1. The van der Waals surface area contributed by atoms with E-state index < -0.39 is 13.1 Å². The van der Waals surface area contributed by atoms with Crippen LogP contribution in [0.1, 0.15) is 31.4 Å². The van der Waals surface area contributed by atoms with Gasteiger partial charge in [-0.3, -0.25) is 0 Å². The first-order valence-corrected chi connectivity index (χ1v) is 6.41. The fourth-order valence-corrected chi connectivity index (χ4v) is 1.49. The second-order valence-electron chi connectivity index (χ2n) is 3.61. The predicted molar refractivity (Wildman–Crippen MR) is 76.7 cm³/mol. The van der Waals surface area contributed by atoms with Gasteiger partial charge < -0.3 is 14.8 Å². The minimum absolute atomic E-state index is 0.0473. The maximum atomic E-state index is 11.5. The van der Waals surface area contributed by atoms with Gasteiger partial charge >= 0.3 is 13.1 Å². The van der Waals surface area contributed by atoms with E-state index in [1.165, 1.54) is 12.3 Å². The molecule has 1 heterocycles. The SMILES string of the molecule is CC.CCOC(=O)c1ncc2ccc(B(O)O)cc2n1. The number of nitrogens with zero attached hydrogens (tertiary/aromatic N) is 2. The molecule has 2 rings (SSSR count). The third-order valence-corrected chi connectivity index (χ3v) is 2.36. The van der Waals surface area contributed by atoms with Crippen LogP contribution in [0.4, 0.5) is 0 Å². The summed E-state index contributed by atoms with van der Waals surface area (Å²) in [5.74, 6) is -0.650. The normalized spacial score (nSPS) is 9.65. The molecule has 1 aromatic heterocycles. The molecule has 0 aliphatic carbocycles. The highest BCUT2D eigenvalue weighted by atomic mass is 16.5. The van der Waals surface area contributed by atoms with E-state index in [4.69, 9.17) is 14.8 Å². The summed E-state index contributed by atoms with van der Waals surface area (Å²) in [5, 5.41) is 18.8. The van der Waals surface area contributed by atoms with Crippen molar-refractivity contribution in [2.45, 2.75) is 20.8 Å². The molecular formula is C13H17BN2O4. The number of aromatic nitrogens is 2. The van der Waals surface area contributed by atoms with Gasteiger partial charge in [-0.25, -0.2) is 14.8 Å². The van der Waals surface area contributed by atoms with Gasteiger partial charge in [-0.05, 0) is 18.5 Å². The maximum Gasteiger partial charge on any atom is 0.488 e. The van der Waals surface area contributed by atoms with Gasteiger partial charge in [-0.15, -0.1) is 0 Å². The summed E-state index contributed by atoms with van der Waals surface area (Å²) in [6, 6.07) is 4.70. The Balaban J connectivity index is 0.000000956. The van der Waals surface area contributed by atoms with E-state index in [1.807, 2.05) is 13.8 Å². The number of rotatable bonds is 3. The van der Waals surface area contributed by atoms with Crippen molar-refractivity contribution in [2.75, 3.05) is 6.61 Å². The van der Waals surface area contributed by atoms with Gasteiger partial charge in [0.2, 0.25) is 5.82 Å². The van der Waals surface area contributed by atoms with Gasteiger partial charge in [0.1, 0.15) is 0 Å². The molecule has 0 radical (unpaired) electrons. The molecule has 6 nitrogen and oxygen atoms in total. The molecule has 0 spiro atoms. The highest BCUT2D eigenvalue weighted by Crippen LogP contribution is 2.09. The van der Waals surface area contributed by atoms with Gasteiger partial charge in [0.05, 0.1) is 12.1 Å². The number of ether oxygens (including phenoxy) is 1. The quantitative estimate of drug-likeness (QED) is 0.627. The molecule has 106 valence electrons. The molecule has 0 saturated carbocycles. The second-order valence-corrected chi connectivity index (χ2v) is 3.61. The minimum atomic E-state index is -1.57. The van der Waals surface area contributed by atoms with E-state index in [0.717, 1.165) is 0 Å². The van der Waals surface area contributed by atoms with Crippen LogP contribution in [0.2, 0.25) is 0 Å². The lowest BCUT2D eigenvalue weighted by Gasteiger charge is -2.04. The molecule has 0 unspecified atom stereocenters. The van der Waals surface area contributed by atoms with Gasteiger partial charge in [0.25, 0.3) is 0 Å². The minimum Gasteiger partial charge on any atom is -0.460 e. The molecule has 0 atom stereocenters. The number of hydrogen-bond donors (Lipinski definition) is 2. The Kier molecular flexibility index (Phi) is 6.08. The Morgan fingerprint density at radius 3 is 2.65 bits per heavy atom. The Morgan fingerprint density at radius 2 is 2.05 bits per heavy atom. The van der Waals surface area contributed by atoms with E-state index in [1.54, 1.807) is 19.1 Å². The number of fused-ring (bicyclic) bond motifs is 1. The summed E-state index contributed by atoms with van der Waals surface area (Å²) in [5.41, 5.74) is 0.759. The molecule has 0 aliphatic heterocycles. The number of esters is 1. The Bertz CT molecular complexity index is 590. The van der Waals surface area contributed by atoms with Crippen molar-refractivity contribution in [3.63, 3.8) is 0 Å². The fraction of sp³-hybridized carbons (Fsp3) is 0.308. The van der Waals surface area contributed by atoms with Crippen molar-refractivity contribution in [1.82, 2.24) is 9.97 Å². The molecule has 0 bridgehead atoms. The maximum absolute atomic E-state index is 11.5. The van der Waals surface area contributed by atoms with Crippen LogP contribution in [0.15, 0.2) is 24.4 Å². The lowest BCUT2D eigenvalue weighted by atomic mass is 9.80. The zero-order valence-electron chi connectivity index (χ0n) is 11.7. The monoisotopic (exact) mass is 276 g/mol. The zero-order valence-corrected chi connectivity index (χ0v) is 11.7. The van der Waals surface area contributed by atoms with Crippen molar-refractivity contribution in [3.05, 3.63) is 30.2 Å². The molecule has 1 aromatic carbocycles. The van der Waals surface area contributed by atoms with Crippen LogP contribution in [0.5, 0.6) is 0 Å². The average Bonchev–Trinajstić information content (AvgIpc) is 2.48. The van der Waals surface area contributed by atoms with E-state index in [2.05, 4.69) is 9.97 Å². The van der Waals surface area contributed by atoms with Crippen LogP contribution in [0, 0.1) is 0 Å². The number of carbonyl (C=O) groups is 1. The largest absolute Gasteiger partial charge is 0.488 e. The van der Waals surface area contributed by atoms with Crippen LogP contribution in [-0.2, 0) is 4.74 Å². The molecule has 0 saturated heterocycles. The molecule has 2 aromatic rings. The standard InChI is InChI=1S/C11H11BN2O4.C2H6/c1-2-18-11(15)10-13-6-7-3-4-8(12(16)17)5-9(7)14-10;1-2/h3-6,16-17H,2H2,1H3;1-2H3. The highest BCUT2D eigenvalue weighted by molar-refractivity contribution is 6.58. The van der Waals surface area contributed by atoms with Gasteiger partial charge in [-0.1, -0.05) is 26.0 Å². The first-order valence-electron chi connectivity index (χ1n) is 6.41. The zero-order chi connectivity index (χ0) is 15.1. The fourth-order valence-electron chi connectivity index (χ4n) is 1.49. The van der Waals surface area contributed by atoms with Crippen molar-refractivity contribution < 1.29 is 19.6 Å². The van der Waals surface area contributed by atoms with Crippen LogP contribution in [-0.4, -0.2) is 39.7 Å². The molecule has 0 fully saturated rings.